The molecule has 0 radical (unpaired) electrons. The Morgan fingerprint density at radius 1 is 1.17 bits per heavy atom. The van der Waals surface area contributed by atoms with Crippen molar-refractivity contribution in [1.82, 2.24) is 9.55 Å². The van der Waals surface area contributed by atoms with Crippen molar-refractivity contribution in [3.63, 3.8) is 0 Å². The molecule has 24 heavy (non-hydrogen) atoms. The molecule has 1 aromatic heterocycles. The smallest absolute Gasteiger partial charge is 0.244 e. The molecular weight excluding hydrogens is 302 g/mol. The zero-order valence-electron chi connectivity index (χ0n) is 14.0. The third-order valence-corrected chi connectivity index (χ3v) is 3.77. The van der Waals surface area contributed by atoms with Gasteiger partial charge in [-0.25, -0.2) is 4.98 Å². The molecule has 1 heterocycles. The predicted octanol–water partition coefficient (Wildman–Crippen LogP) is 3.77. The summed E-state index contributed by atoms with van der Waals surface area (Å²) in [5, 5.41) is 2.94. The predicted molar refractivity (Wildman–Crippen MR) is 95.3 cm³/mol. The van der Waals surface area contributed by atoms with Crippen molar-refractivity contribution < 1.29 is 9.53 Å². The number of rotatable bonds is 6. The topological polar surface area (TPSA) is 56.1 Å². The second kappa shape index (κ2) is 7.17. The van der Waals surface area contributed by atoms with Crippen LogP contribution in [0.3, 0.4) is 0 Å². The largest absolute Gasteiger partial charge is 0.491 e. The van der Waals surface area contributed by atoms with E-state index in [1.807, 2.05) is 66.9 Å². The van der Waals surface area contributed by atoms with Crippen LogP contribution in [0.15, 0.2) is 48.5 Å². The second-order valence-corrected chi connectivity index (χ2v) is 5.63. The molecular formula is C19H21N3O2. The summed E-state index contributed by atoms with van der Waals surface area (Å²) in [4.78, 5) is 17.0. The third kappa shape index (κ3) is 3.40. The number of imidazole rings is 1. The molecule has 0 aliphatic carbocycles. The lowest BCUT2D eigenvalue weighted by atomic mass is 10.3. The molecule has 0 spiro atoms. The minimum absolute atomic E-state index is 0.103. The summed E-state index contributed by atoms with van der Waals surface area (Å²) in [5.41, 5.74) is 2.55. The van der Waals surface area contributed by atoms with Gasteiger partial charge >= 0.3 is 0 Å². The quantitative estimate of drug-likeness (QED) is 0.751. The molecule has 5 nitrogen and oxygen atoms in total. The molecule has 1 amide bonds. The van der Waals surface area contributed by atoms with Crippen molar-refractivity contribution >= 4 is 22.6 Å². The Balaban J connectivity index is 1.77. The second-order valence-electron chi connectivity index (χ2n) is 5.63. The number of nitrogens with one attached hydrogen (secondary N) is 1. The van der Waals surface area contributed by atoms with Crippen molar-refractivity contribution in [3.05, 3.63) is 54.4 Å². The number of anilines is 1. The van der Waals surface area contributed by atoms with Gasteiger partial charge in [0.1, 0.15) is 18.1 Å². The van der Waals surface area contributed by atoms with Gasteiger partial charge in [-0.1, -0.05) is 31.2 Å². The average molecular weight is 323 g/mol. The number of amides is 1. The Kier molecular flexibility index (Phi) is 4.79. The Hall–Kier alpha value is -2.82. The van der Waals surface area contributed by atoms with Crippen molar-refractivity contribution in [2.24, 2.45) is 0 Å². The molecule has 0 aliphatic rings. The zero-order chi connectivity index (χ0) is 16.9. The van der Waals surface area contributed by atoms with Gasteiger partial charge < -0.3 is 14.6 Å². The van der Waals surface area contributed by atoms with E-state index in [1.165, 1.54) is 0 Å². The summed E-state index contributed by atoms with van der Waals surface area (Å²) in [6.45, 7) is 4.80. The molecule has 0 fully saturated rings. The van der Waals surface area contributed by atoms with Gasteiger partial charge in [-0.2, -0.15) is 0 Å². The van der Waals surface area contributed by atoms with E-state index in [-0.39, 0.29) is 12.5 Å². The molecule has 0 saturated carbocycles. The fourth-order valence-electron chi connectivity index (χ4n) is 2.64. The minimum Gasteiger partial charge on any atom is -0.491 e. The number of ether oxygens (including phenoxy) is 1. The van der Waals surface area contributed by atoms with E-state index in [2.05, 4.69) is 10.3 Å². The molecule has 0 atom stereocenters. The Labute approximate surface area is 141 Å². The molecule has 3 aromatic rings. The van der Waals surface area contributed by atoms with Crippen LogP contribution in [0.2, 0.25) is 0 Å². The van der Waals surface area contributed by atoms with Crippen LogP contribution in [0, 0.1) is 6.92 Å². The SMILES string of the molecule is CCCOc1ccccc1NC(=O)Cn1c(C)nc2ccccc21. The highest BCUT2D eigenvalue weighted by Gasteiger charge is 2.12. The van der Waals surface area contributed by atoms with Crippen LogP contribution in [0.4, 0.5) is 5.69 Å². The maximum atomic E-state index is 12.5. The highest BCUT2D eigenvalue weighted by molar-refractivity contribution is 5.93. The highest BCUT2D eigenvalue weighted by Crippen LogP contribution is 2.24. The first-order chi connectivity index (χ1) is 11.7. The monoisotopic (exact) mass is 323 g/mol. The number of para-hydroxylation sites is 4. The van der Waals surface area contributed by atoms with Crippen LogP contribution in [-0.2, 0) is 11.3 Å². The highest BCUT2D eigenvalue weighted by atomic mass is 16.5. The van der Waals surface area contributed by atoms with Gasteiger partial charge in [0.25, 0.3) is 0 Å². The molecule has 124 valence electrons. The lowest BCUT2D eigenvalue weighted by molar-refractivity contribution is -0.116. The van der Waals surface area contributed by atoms with E-state index in [9.17, 15) is 4.79 Å². The standard InChI is InChI=1S/C19H21N3O2/c1-3-12-24-18-11-7-5-9-16(18)21-19(23)13-22-14(2)20-15-8-4-6-10-17(15)22/h4-11H,3,12-13H2,1-2H3,(H,21,23). The van der Waals surface area contributed by atoms with Crippen LogP contribution >= 0.6 is 0 Å². The van der Waals surface area contributed by atoms with Crippen LogP contribution < -0.4 is 10.1 Å². The van der Waals surface area contributed by atoms with Gasteiger partial charge in [0.15, 0.2) is 0 Å². The van der Waals surface area contributed by atoms with Crippen molar-refractivity contribution in [1.29, 1.82) is 0 Å². The molecule has 0 aliphatic heterocycles. The van der Waals surface area contributed by atoms with E-state index in [1.54, 1.807) is 0 Å². The zero-order valence-corrected chi connectivity index (χ0v) is 14.0. The van der Waals surface area contributed by atoms with Crippen molar-refractivity contribution in [3.8, 4) is 5.75 Å². The van der Waals surface area contributed by atoms with Gasteiger partial charge in [-0.3, -0.25) is 4.79 Å². The number of aromatic nitrogens is 2. The van der Waals surface area contributed by atoms with Crippen molar-refractivity contribution in [2.75, 3.05) is 11.9 Å². The number of hydrogen-bond donors (Lipinski definition) is 1. The Morgan fingerprint density at radius 2 is 1.92 bits per heavy atom. The number of carbonyl (C=O) groups is 1. The van der Waals surface area contributed by atoms with Gasteiger partial charge in [-0.05, 0) is 37.6 Å². The Bertz CT molecular complexity index is 855. The van der Waals surface area contributed by atoms with E-state index < -0.39 is 0 Å². The van der Waals surface area contributed by atoms with Crippen LogP contribution in [0.1, 0.15) is 19.2 Å². The molecule has 3 rings (SSSR count). The maximum Gasteiger partial charge on any atom is 0.244 e. The number of benzene rings is 2. The fraction of sp³-hybridized carbons (Fsp3) is 0.263. The molecule has 2 aromatic carbocycles. The number of hydrogen-bond acceptors (Lipinski definition) is 3. The van der Waals surface area contributed by atoms with Crippen LogP contribution in [-0.4, -0.2) is 22.1 Å². The van der Waals surface area contributed by atoms with Gasteiger partial charge in [0.2, 0.25) is 5.91 Å². The first-order valence-electron chi connectivity index (χ1n) is 8.12. The number of fused-ring (bicyclic) bond motifs is 1. The number of aryl methyl sites for hydroxylation is 1. The molecule has 0 unspecified atom stereocenters. The van der Waals surface area contributed by atoms with Crippen LogP contribution in [0.5, 0.6) is 5.75 Å². The van der Waals surface area contributed by atoms with Gasteiger partial charge in [-0.15, -0.1) is 0 Å². The molecule has 5 heteroatoms. The third-order valence-electron chi connectivity index (χ3n) is 3.77. The first-order valence-corrected chi connectivity index (χ1v) is 8.12. The lowest BCUT2D eigenvalue weighted by Gasteiger charge is -2.13. The fourth-order valence-corrected chi connectivity index (χ4v) is 2.64. The van der Waals surface area contributed by atoms with E-state index >= 15 is 0 Å². The Morgan fingerprint density at radius 3 is 2.75 bits per heavy atom. The summed E-state index contributed by atoms with van der Waals surface area (Å²) in [5.74, 6) is 1.41. The van der Waals surface area contributed by atoms with Gasteiger partial charge in [0.05, 0.1) is 23.3 Å². The van der Waals surface area contributed by atoms with Gasteiger partial charge in [0, 0.05) is 0 Å². The minimum atomic E-state index is -0.103. The molecule has 0 bridgehead atoms. The number of nitrogens with zero attached hydrogens (tertiary/aromatic N) is 2. The summed E-state index contributed by atoms with van der Waals surface area (Å²) >= 11 is 0. The molecule has 0 saturated heterocycles. The summed E-state index contributed by atoms with van der Waals surface area (Å²) < 4.78 is 7.60. The van der Waals surface area contributed by atoms with E-state index in [0.717, 1.165) is 23.3 Å². The summed E-state index contributed by atoms with van der Waals surface area (Å²) in [7, 11) is 0. The number of carbonyl (C=O) groups excluding carboxylic acids is 1. The van der Waals surface area contributed by atoms with Crippen LogP contribution in [0.25, 0.3) is 11.0 Å². The van der Waals surface area contributed by atoms with E-state index in [4.69, 9.17) is 4.74 Å². The normalized spacial score (nSPS) is 10.8. The van der Waals surface area contributed by atoms with Crippen molar-refractivity contribution in [2.45, 2.75) is 26.8 Å². The first kappa shape index (κ1) is 16.1. The molecule has 1 N–H and O–H groups in total. The lowest BCUT2D eigenvalue weighted by Crippen LogP contribution is -2.20. The maximum absolute atomic E-state index is 12.5. The van der Waals surface area contributed by atoms with E-state index in [0.29, 0.717) is 18.0 Å². The summed E-state index contributed by atoms with van der Waals surface area (Å²) in [6.07, 6.45) is 0.919. The average Bonchev–Trinajstić information content (AvgIpc) is 2.90. The summed E-state index contributed by atoms with van der Waals surface area (Å²) in [6, 6.07) is 15.3.